The molecule has 2 atom stereocenters. The fourth-order valence-electron chi connectivity index (χ4n) is 2.89. The highest BCUT2D eigenvalue weighted by Gasteiger charge is 2.32. The molecular formula is C16H19N3O. The van der Waals surface area contributed by atoms with E-state index in [4.69, 9.17) is 10.5 Å². The van der Waals surface area contributed by atoms with Crippen molar-refractivity contribution in [3.63, 3.8) is 0 Å². The number of nitrogen functional groups attached to an aromatic ring is 1. The van der Waals surface area contributed by atoms with Crippen LogP contribution in [0.15, 0.2) is 36.5 Å². The predicted octanol–water partition coefficient (Wildman–Crippen LogP) is 2.41. The molecule has 2 aromatic rings. The molecule has 0 aliphatic carbocycles. The van der Waals surface area contributed by atoms with Gasteiger partial charge >= 0.3 is 0 Å². The first-order valence-electron chi connectivity index (χ1n) is 6.81. The third-order valence-electron chi connectivity index (χ3n) is 3.87. The van der Waals surface area contributed by atoms with Crippen molar-refractivity contribution in [3.8, 4) is 5.75 Å². The molecule has 0 bridgehead atoms. The standard InChI is InChI=1S/C16H19N3O/c1-10-7-12(16(17)19-8-10)15(18-2)13-9-20-14-6-4-3-5-11(13)14/h3-8,13,15,18H,9H2,1-2H3,(H2,17,19). The third-order valence-corrected chi connectivity index (χ3v) is 3.87. The van der Waals surface area contributed by atoms with Crippen LogP contribution in [-0.4, -0.2) is 18.6 Å². The predicted molar refractivity (Wildman–Crippen MR) is 79.9 cm³/mol. The SMILES string of the molecule is CNC(c1cc(C)cnc1N)C1COc2ccccc21. The monoisotopic (exact) mass is 269 g/mol. The molecule has 1 aromatic heterocycles. The van der Waals surface area contributed by atoms with Gasteiger partial charge in [0.05, 0.1) is 6.61 Å². The van der Waals surface area contributed by atoms with Crippen molar-refractivity contribution in [1.29, 1.82) is 0 Å². The number of nitrogens with two attached hydrogens (primary N) is 1. The topological polar surface area (TPSA) is 60.2 Å². The summed E-state index contributed by atoms with van der Waals surface area (Å²) in [6.07, 6.45) is 1.80. The van der Waals surface area contributed by atoms with Crippen LogP contribution in [0, 0.1) is 6.92 Å². The van der Waals surface area contributed by atoms with E-state index in [2.05, 4.69) is 22.4 Å². The number of rotatable bonds is 3. The van der Waals surface area contributed by atoms with Crippen LogP contribution in [0.4, 0.5) is 5.82 Å². The zero-order chi connectivity index (χ0) is 14.1. The molecule has 104 valence electrons. The number of nitrogens with one attached hydrogen (secondary N) is 1. The Balaban J connectivity index is 2.01. The summed E-state index contributed by atoms with van der Waals surface area (Å²) in [5.41, 5.74) is 9.44. The molecule has 1 aliphatic rings. The van der Waals surface area contributed by atoms with Gasteiger partial charge in [0.2, 0.25) is 0 Å². The second-order valence-corrected chi connectivity index (χ2v) is 5.21. The van der Waals surface area contributed by atoms with Gasteiger partial charge in [-0.15, -0.1) is 0 Å². The van der Waals surface area contributed by atoms with Crippen LogP contribution >= 0.6 is 0 Å². The van der Waals surface area contributed by atoms with Gasteiger partial charge in [0.1, 0.15) is 11.6 Å². The van der Waals surface area contributed by atoms with E-state index in [9.17, 15) is 0 Å². The minimum Gasteiger partial charge on any atom is -0.493 e. The molecule has 1 aromatic carbocycles. The maximum absolute atomic E-state index is 6.06. The highest BCUT2D eigenvalue weighted by atomic mass is 16.5. The normalized spacial score (nSPS) is 18.4. The Morgan fingerprint density at radius 3 is 3.00 bits per heavy atom. The molecule has 0 fully saturated rings. The summed E-state index contributed by atoms with van der Waals surface area (Å²) in [4.78, 5) is 4.27. The first-order valence-corrected chi connectivity index (χ1v) is 6.81. The Kier molecular flexibility index (Phi) is 3.32. The number of pyridine rings is 1. The summed E-state index contributed by atoms with van der Waals surface area (Å²) in [5.74, 6) is 1.80. The van der Waals surface area contributed by atoms with Gasteiger partial charge in [-0.05, 0) is 31.7 Å². The molecule has 2 heterocycles. The summed E-state index contributed by atoms with van der Waals surface area (Å²) in [6.45, 7) is 2.69. The molecule has 0 spiro atoms. The number of ether oxygens (including phenoxy) is 1. The molecule has 0 amide bonds. The van der Waals surface area contributed by atoms with Crippen molar-refractivity contribution in [2.75, 3.05) is 19.4 Å². The maximum atomic E-state index is 6.06. The van der Waals surface area contributed by atoms with Gasteiger partial charge in [-0.3, -0.25) is 0 Å². The lowest BCUT2D eigenvalue weighted by Crippen LogP contribution is -2.26. The summed E-state index contributed by atoms with van der Waals surface area (Å²) >= 11 is 0. The number of nitrogens with zero attached hydrogens (tertiary/aromatic N) is 1. The number of likely N-dealkylation sites (N-methyl/N-ethyl adjacent to an activating group) is 1. The largest absolute Gasteiger partial charge is 0.493 e. The smallest absolute Gasteiger partial charge is 0.128 e. The zero-order valence-electron chi connectivity index (χ0n) is 11.8. The number of benzene rings is 1. The molecule has 20 heavy (non-hydrogen) atoms. The average molecular weight is 269 g/mol. The van der Waals surface area contributed by atoms with Crippen molar-refractivity contribution in [2.45, 2.75) is 18.9 Å². The summed E-state index contributed by atoms with van der Waals surface area (Å²) in [6, 6.07) is 10.4. The number of anilines is 1. The van der Waals surface area contributed by atoms with Crippen molar-refractivity contribution in [1.82, 2.24) is 10.3 Å². The minimum atomic E-state index is 0.103. The lowest BCUT2D eigenvalue weighted by atomic mass is 9.88. The first kappa shape index (κ1) is 12.9. The average Bonchev–Trinajstić information content (AvgIpc) is 2.88. The molecule has 1 aliphatic heterocycles. The van der Waals surface area contributed by atoms with Gasteiger partial charge in [0.15, 0.2) is 0 Å². The summed E-state index contributed by atoms with van der Waals surface area (Å²) < 4.78 is 5.78. The molecule has 4 heteroatoms. The highest BCUT2D eigenvalue weighted by molar-refractivity contribution is 5.48. The van der Waals surface area contributed by atoms with Crippen molar-refractivity contribution in [3.05, 3.63) is 53.2 Å². The van der Waals surface area contributed by atoms with Crippen molar-refractivity contribution >= 4 is 5.82 Å². The second kappa shape index (κ2) is 5.13. The van der Waals surface area contributed by atoms with Crippen LogP contribution in [-0.2, 0) is 0 Å². The first-order chi connectivity index (χ1) is 9.70. The molecule has 4 nitrogen and oxygen atoms in total. The van der Waals surface area contributed by atoms with E-state index >= 15 is 0 Å². The number of hydrogen-bond acceptors (Lipinski definition) is 4. The molecule has 0 saturated carbocycles. The number of aryl methyl sites for hydroxylation is 1. The van der Waals surface area contributed by atoms with Crippen molar-refractivity contribution in [2.24, 2.45) is 0 Å². The second-order valence-electron chi connectivity index (χ2n) is 5.21. The Morgan fingerprint density at radius 2 is 2.20 bits per heavy atom. The van der Waals surface area contributed by atoms with E-state index < -0.39 is 0 Å². The van der Waals surface area contributed by atoms with Gasteiger partial charge in [0.25, 0.3) is 0 Å². The van der Waals surface area contributed by atoms with Gasteiger partial charge in [0, 0.05) is 29.3 Å². The quantitative estimate of drug-likeness (QED) is 0.898. The third kappa shape index (κ3) is 2.12. The molecular weight excluding hydrogens is 250 g/mol. The Labute approximate surface area is 119 Å². The van der Waals surface area contributed by atoms with Crippen LogP contribution in [0.1, 0.15) is 28.7 Å². The fourth-order valence-corrected chi connectivity index (χ4v) is 2.89. The summed E-state index contributed by atoms with van der Waals surface area (Å²) in [7, 11) is 1.95. The minimum absolute atomic E-state index is 0.103. The van der Waals surface area contributed by atoms with Crippen LogP contribution in [0.2, 0.25) is 0 Å². The molecule has 0 radical (unpaired) electrons. The molecule has 3 N–H and O–H groups in total. The molecule has 0 saturated heterocycles. The maximum Gasteiger partial charge on any atom is 0.128 e. The number of hydrogen-bond donors (Lipinski definition) is 2. The van der Waals surface area contributed by atoms with Crippen LogP contribution in [0.25, 0.3) is 0 Å². The van der Waals surface area contributed by atoms with E-state index in [0.29, 0.717) is 12.4 Å². The van der Waals surface area contributed by atoms with Gasteiger partial charge < -0.3 is 15.8 Å². The van der Waals surface area contributed by atoms with Crippen LogP contribution < -0.4 is 15.8 Å². The van der Waals surface area contributed by atoms with Gasteiger partial charge in [-0.1, -0.05) is 18.2 Å². The number of para-hydroxylation sites is 1. The fraction of sp³-hybridized carbons (Fsp3) is 0.312. The Bertz CT molecular complexity index is 627. The van der Waals surface area contributed by atoms with Crippen molar-refractivity contribution < 1.29 is 4.74 Å². The van der Waals surface area contributed by atoms with Crippen LogP contribution in [0.3, 0.4) is 0 Å². The van der Waals surface area contributed by atoms with E-state index in [1.807, 2.05) is 32.2 Å². The zero-order valence-corrected chi connectivity index (χ0v) is 11.8. The van der Waals surface area contributed by atoms with E-state index in [1.54, 1.807) is 6.20 Å². The van der Waals surface area contributed by atoms with E-state index in [0.717, 1.165) is 16.9 Å². The summed E-state index contributed by atoms with van der Waals surface area (Å²) in [5, 5.41) is 3.37. The number of aromatic nitrogens is 1. The Morgan fingerprint density at radius 1 is 1.40 bits per heavy atom. The highest BCUT2D eigenvalue weighted by Crippen LogP contribution is 2.41. The van der Waals surface area contributed by atoms with Crippen LogP contribution in [0.5, 0.6) is 5.75 Å². The lowest BCUT2D eigenvalue weighted by molar-refractivity contribution is 0.304. The van der Waals surface area contributed by atoms with Gasteiger partial charge in [-0.2, -0.15) is 0 Å². The van der Waals surface area contributed by atoms with E-state index in [-0.39, 0.29) is 12.0 Å². The molecule has 2 unspecified atom stereocenters. The van der Waals surface area contributed by atoms with Gasteiger partial charge in [-0.25, -0.2) is 4.98 Å². The molecule has 3 rings (SSSR count). The Hall–Kier alpha value is -2.07. The van der Waals surface area contributed by atoms with E-state index in [1.165, 1.54) is 5.56 Å². The lowest BCUT2D eigenvalue weighted by Gasteiger charge is -2.24. The number of fused-ring (bicyclic) bond motifs is 1.